The van der Waals surface area contributed by atoms with Gasteiger partial charge < -0.3 is 29.3 Å². The highest BCUT2D eigenvalue weighted by Crippen LogP contribution is 2.39. The van der Waals surface area contributed by atoms with E-state index in [4.69, 9.17) is 18.6 Å². The fourth-order valence-corrected chi connectivity index (χ4v) is 4.01. The van der Waals surface area contributed by atoms with Crippen LogP contribution in [0.25, 0.3) is 6.08 Å². The quantitative estimate of drug-likeness (QED) is 0.488. The molecule has 0 spiro atoms. The van der Waals surface area contributed by atoms with Gasteiger partial charge in [-0.1, -0.05) is 18.2 Å². The lowest BCUT2D eigenvalue weighted by Crippen LogP contribution is -2.43. The van der Waals surface area contributed by atoms with Gasteiger partial charge in [0, 0.05) is 23.6 Å². The van der Waals surface area contributed by atoms with Gasteiger partial charge in [0.1, 0.15) is 22.8 Å². The van der Waals surface area contributed by atoms with E-state index < -0.39 is 17.4 Å². The van der Waals surface area contributed by atoms with Crippen LogP contribution in [0.3, 0.4) is 0 Å². The van der Waals surface area contributed by atoms with Crippen LogP contribution in [0.5, 0.6) is 17.2 Å². The highest BCUT2D eigenvalue weighted by molar-refractivity contribution is 6.05. The number of benzene rings is 2. The summed E-state index contributed by atoms with van der Waals surface area (Å²) < 4.78 is 22.0. The molecule has 2 N–H and O–H groups in total. The number of rotatable bonds is 7. The van der Waals surface area contributed by atoms with Gasteiger partial charge in [0.2, 0.25) is 0 Å². The van der Waals surface area contributed by atoms with Crippen molar-refractivity contribution in [2.24, 2.45) is 0 Å². The van der Waals surface area contributed by atoms with Crippen LogP contribution in [0.15, 0.2) is 71.0 Å². The van der Waals surface area contributed by atoms with Gasteiger partial charge in [0.15, 0.2) is 11.5 Å². The maximum absolute atomic E-state index is 13.4. The Balaban J connectivity index is 1.60. The van der Waals surface area contributed by atoms with Crippen molar-refractivity contribution >= 4 is 17.9 Å². The molecule has 0 fully saturated rings. The normalized spacial score (nSPS) is 16.5. The minimum absolute atomic E-state index is 0.0431. The summed E-state index contributed by atoms with van der Waals surface area (Å²) >= 11 is 0. The van der Waals surface area contributed by atoms with Crippen molar-refractivity contribution in [2.45, 2.75) is 31.9 Å². The molecule has 1 atom stereocenters. The van der Waals surface area contributed by atoms with Crippen LogP contribution >= 0.6 is 0 Å². The molecular formula is C27H28N2O6. The van der Waals surface area contributed by atoms with Crippen molar-refractivity contribution in [3.63, 3.8) is 0 Å². The van der Waals surface area contributed by atoms with Crippen molar-refractivity contribution in [3.05, 3.63) is 83.4 Å². The summed E-state index contributed by atoms with van der Waals surface area (Å²) in [4.78, 5) is 26.5. The second kappa shape index (κ2) is 9.97. The van der Waals surface area contributed by atoms with Gasteiger partial charge in [-0.2, -0.15) is 0 Å². The molecule has 0 bridgehead atoms. The van der Waals surface area contributed by atoms with Gasteiger partial charge in [-0.15, -0.1) is 0 Å². The van der Waals surface area contributed by atoms with Crippen LogP contribution in [0, 0.1) is 0 Å². The number of hydrogen-bond donors (Lipinski definition) is 2. The molecule has 0 saturated heterocycles. The molecule has 35 heavy (non-hydrogen) atoms. The number of carbonyl (C=O) groups excluding carboxylic acids is 2. The fraction of sp³-hybridized carbons (Fsp3) is 0.259. The molecule has 4 rings (SSSR count). The maximum Gasteiger partial charge on any atom is 0.268 e. The average molecular weight is 477 g/mol. The predicted molar refractivity (Wildman–Crippen MR) is 130 cm³/mol. The zero-order valence-electron chi connectivity index (χ0n) is 20.1. The molecule has 0 aliphatic carbocycles. The van der Waals surface area contributed by atoms with E-state index in [2.05, 4.69) is 10.6 Å². The number of carbonyl (C=O) groups is 2. The molecule has 1 aliphatic rings. The summed E-state index contributed by atoms with van der Waals surface area (Å²) in [6.07, 6.45) is 3.55. The van der Waals surface area contributed by atoms with Gasteiger partial charge in [0.05, 0.1) is 26.5 Å². The predicted octanol–water partition coefficient (Wildman–Crippen LogP) is 4.49. The first kappa shape index (κ1) is 23.9. The minimum Gasteiger partial charge on any atom is -0.493 e. The van der Waals surface area contributed by atoms with E-state index in [0.29, 0.717) is 29.2 Å². The Morgan fingerprint density at radius 1 is 1.03 bits per heavy atom. The third-order valence-corrected chi connectivity index (χ3v) is 5.65. The first-order valence-electron chi connectivity index (χ1n) is 11.2. The van der Waals surface area contributed by atoms with E-state index in [1.807, 2.05) is 38.1 Å². The maximum atomic E-state index is 13.4. The second-order valence-electron chi connectivity index (χ2n) is 8.73. The summed E-state index contributed by atoms with van der Waals surface area (Å²) in [5.74, 6) is 1.12. The number of hydrogen-bond acceptors (Lipinski definition) is 6. The van der Waals surface area contributed by atoms with Gasteiger partial charge in [-0.05, 0) is 50.2 Å². The average Bonchev–Trinajstić information content (AvgIpc) is 3.35. The van der Waals surface area contributed by atoms with Crippen molar-refractivity contribution < 1.29 is 28.2 Å². The Hall–Kier alpha value is -4.20. The molecule has 8 nitrogen and oxygen atoms in total. The topological polar surface area (TPSA) is 99.0 Å². The standard InChI is InChI=1S/C27H28N2O6/c1-27(2)16-21(19-9-5-6-10-22(19)35-27)29-26(31)20(15-18-8-7-13-34-18)28-25(30)17-11-12-23(32-3)24(14-17)33-4/h5-15,21H,16H2,1-4H3,(H,28,30)(H,29,31)/b20-15-. The van der Waals surface area contributed by atoms with Crippen LogP contribution in [0.1, 0.15) is 48.0 Å². The molecule has 3 aromatic rings. The van der Waals surface area contributed by atoms with Crippen LogP contribution < -0.4 is 24.8 Å². The van der Waals surface area contributed by atoms with Crippen molar-refractivity contribution in [1.82, 2.24) is 10.6 Å². The molecule has 2 amide bonds. The number of methoxy groups -OCH3 is 2. The summed E-state index contributed by atoms with van der Waals surface area (Å²) in [7, 11) is 3.00. The van der Waals surface area contributed by atoms with Gasteiger partial charge in [0.25, 0.3) is 11.8 Å². The molecule has 1 aromatic heterocycles. The summed E-state index contributed by atoms with van der Waals surface area (Å²) in [5, 5.41) is 5.77. The first-order chi connectivity index (χ1) is 16.8. The Labute approximate surface area is 203 Å². The zero-order chi connectivity index (χ0) is 25.0. The van der Waals surface area contributed by atoms with Gasteiger partial charge in [-0.3, -0.25) is 9.59 Å². The Morgan fingerprint density at radius 2 is 1.80 bits per heavy atom. The van der Waals surface area contributed by atoms with E-state index in [-0.39, 0.29) is 11.7 Å². The van der Waals surface area contributed by atoms with Crippen LogP contribution in [0.4, 0.5) is 0 Å². The number of furan rings is 1. The monoisotopic (exact) mass is 476 g/mol. The molecule has 182 valence electrons. The second-order valence-corrected chi connectivity index (χ2v) is 8.73. The highest BCUT2D eigenvalue weighted by atomic mass is 16.5. The van der Waals surface area contributed by atoms with Crippen molar-refractivity contribution in [3.8, 4) is 17.2 Å². The first-order valence-corrected chi connectivity index (χ1v) is 11.2. The molecule has 1 unspecified atom stereocenters. The lowest BCUT2D eigenvalue weighted by molar-refractivity contribution is -0.119. The Bertz CT molecular complexity index is 1250. The van der Waals surface area contributed by atoms with Gasteiger partial charge in [-0.25, -0.2) is 0 Å². The highest BCUT2D eigenvalue weighted by Gasteiger charge is 2.35. The Kier molecular flexibility index (Phi) is 6.82. The van der Waals surface area contributed by atoms with Crippen LogP contribution in [-0.4, -0.2) is 31.6 Å². The summed E-state index contributed by atoms with van der Waals surface area (Å²) in [5.41, 5.74) is 0.753. The van der Waals surface area contributed by atoms with E-state index in [1.165, 1.54) is 26.6 Å². The number of amides is 2. The lowest BCUT2D eigenvalue weighted by atomic mass is 9.89. The van der Waals surface area contributed by atoms with Crippen molar-refractivity contribution in [1.29, 1.82) is 0 Å². The zero-order valence-corrected chi connectivity index (χ0v) is 20.1. The van der Waals surface area contributed by atoms with Gasteiger partial charge >= 0.3 is 0 Å². The summed E-state index contributed by atoms with van der Waals surface area (Å²) in [6, 6.07) is 15.5. The molecule has 8 heteroatoms. The molecule has 1 aliphatic heterocycles. The van der Waals surface area contributed by atoms with E-state index in [0.717, 1.165) is 11.3 Å². The third-order valence-electron chi connectivity index (χ3n) is 5.65. The van der Waals surface area contributed by atoms with Crippen LogP contribution in [0.2, 0.25) is 0 Å². The fourth-order valence-electron chi connectivity index (χ4n) is 4.01. The number of fused-ring (bicyclic) bond motifs is 1. The number of para-hydroxylation sites is 1. The summed E-state index contributed by atoms with van der Waals surface area (Å²) in [6.45, 7) is 3.95. The van der Waals surface area contributed by atoms with E-state index >= 15 is 0 Å². The van der Waals surface area contributed by atoms with E-state index in [1.54, 1.807) is 30.3 Å². The van der Waals surface area contributed by atoms with Crippen LogP contribution in [-0.2, 0) is 4.79 Å². The molecule has 2 aromatic carbocycles. The number of nitrogens with one attached hydrogen (secondary N) is 2. The van der Waals surface area contributed by atoms with Crippen molar-refractivity contribution in [2.75, 3.05) is 14.2 Å². The number of ether oxygens (including phenoxy) is 3. The molecule has 2 heterocycles. The minimum atomic E-state index is -0.480. The Morgan fingerprint density at radius 3 is 2.51 bits per heavy atom. The SMILES string of the molecule is COc1ccc(C(=O)N/C(=C\c2ccco2)C(=O)NC2CC(C)(C)Oc3ccccc32)cc1OC. The molecular weight excluding hydrogens is 448 g/mol. The molecule has 0 saturated carbocycles. The largest absolute Gasteiger partial charge is 0.493 e. The molecule has 0 radical (unpaired) electrons. The third kappa shape index (κ3) is 5.48. The smallest absolute Gasteiger partial charge is 0.268 e. The van der Waals surface area contributed by atoms with E-state index in [9.17, 15) is 9.59 Å². The lowest BCUT2D eigenvalue weighted by Gasteiger charge is -2.38.